The van der Waals surface area contributed by atoms with Crippen LogP contribution in [0.15, 0.2) is 54.6 Å². The summed E-state index contributed by atoms with van der Waals surface area (Å²) in [7, 11) is 0. The molecule has 104 valence electrons. The molecule has 3 rings (SSSR count). The average Bonchev–Trinajstić information content (AvgIpc) is 3.30. The summed E-state index contributed by atoms with van der Waals surface area (Å²) >= 11 is 0. The third kappa shape index (κ3) is 3.10. The molecule has 0 aromatic heterocycles. The zero-order chi connectivity index (χ0) is 13.9. The van der Waals surface area contributed by atoms with Crippen molar-refractivity contribution in [3.05, 3.63) is 71.3 Å². The van der Waals surface area contributed by atoms with Crippen LogP contribution in [0, 0.1) is 12.8 Å². The third-order valence-electron chi connectivity index (χ3n) is 4.22. The van der Waals surface area contributed by atoms with Crippen LogP contribution in [-0.2, 0) is 0 Å². The van der Waals surface area contributed by atoms with Crippen LogP contribution in [0.5, 0.6) is 0 Å². The highest BCUT2D eigenvalue weighted by atomic mass is 15.0. The summed E-state index contributed by atoms with van der Waals surface area (Å²) in [5.41, 5.74) is 4.14. The topological polar surface area (TPSA) is 12.0 Å². The third-order valence-corrected chi connectivity index (χ3v) is 4.22. The van der Waals surface area contributed by atoms with Crippen LogP contribution in [0.1, 0.15) is 48.5 Å². The molecule has 0 aliphatic heterocycles. The molecule has 0 heterocycles. The van der Waals surface area contributed by atoms with Gasteiger partial charge in [-0.15, -0.1) is 0 Å². The van der Waals surface area contributed by atoms with Gasteiger partial charge in [-0.2, -0.15) is 0 Å². The van der Waals surface area contributed by atoms with Gasteiger partial charge in [0.15, 0.2) is 0 Å². The number of rotatable bonds is 5. The predicted molar refractivity (Wildman–Crippen MR) is 84.6 cm³/mol. The second-order valence-electron chi connectivity index (χ2n) is 6.03. The molecule has 2 aromatic rings. The lowest BCUT2D eigenvalue weighted by Crippen LogP contribution is -2.26. The number of nitrogens with one attached hydrogen (secondary N) is 1. The van der Waals surface area contributed by atoms with E-state index in [1.54, 1.807) is 0 Å². The van der Waals surface area contributed by atoms with E-state index in [9.17, 15) is 0 Å². The van der Waals surface area contributed by atoms with Gasteiger partial charge in [0.1, 0.15) is 0 Å². The number of benzene rings is 2. The molecular formula is C19H23N. The first-order valence-corrected chi connectivity index (χ1v) is 7.61. The summed E-state index contributed by atoms with van der Waals surface area (Å²) in [6.45, 7) is 4.43. The first-order chi connectivity index (χ1) is 9.74. The van der Waals surface area contributed by atoms with Gasteiger partial charge < -0.3 is 5.32 Å². The normalized spacial score (nSPS) is 17.7. The van der Waals surface area contributed by atoms with Crippen LogP contribution in [0.3, 0.4) is 0 Å². The first kappa shape index (κ1) is 13.4. The highest BCUT2D eigenvalue weighted by Gasteiger charge is 2.32. The molecule has 0 spiro atoms. The van der Waals surface area contributed by atoms with E-state index < -0.39 is 0 Å². The number of hydrogen-bond acceptors (Lipinski definition) is 1. The molecule has 2 unspecified atom stereocenters. The van der Waals surface area contributed by atoms with Gasteiger partial charge in [0.05, 0.1) is 0 Å². The average molecular weight is 265 g/mol. The van der Waals surface area contributed by atoms with E-state index in [1.165, 1.54) is 29.5 Å². The first-order valence-electron chi connectivity index (χ1n) is 7.61. The van der Waals surface area contributed by atoms with Crippen LogP contribution in [0.4, 0.5) is 0 Å². The lowest BCUT2D eigenvalue weighted by atomic mass is 9.99. The molecule has 1 aliphatic rings. The Morgan fingerprint density at radius 1 is 0.950 bits per heavy atom. The van der Waals surface area contributed by atoms with Crippen LogP contribution in [0.25, 0.3) is 0 Å². The van der Waals surface area contributed by atoms with E-state index in [2.05, 4.69) is 73.8 Å². The van der Waals surface area contributed by atoms with Crippen molar-refractivity contribution >= 4 is 0 Å². The predicted octanol–water partition coefficient (Wildman–Crippen LogP) is 4.80. The standard InChI is InChI=1S/C19H23N/c1-14-7-6-10-18(13-14)15(2)20-19(17-11-12-17)16-8-4-3-5-9-16/h3-10,13,15,17,19-20H,11-12H2,1-2H3. The Hall–Kier alpha value is -1.60. The van der Waals surface area contributed by atoms with Crippen molar-refractivity contribution in [1.29, 1.82) is 0 Å². The van der Waals surface area contributed by atoms with Crippen molar-refractivity contribution in [2.24, 2.45) is 5.92 Å². The maximum atomic E-state index is 3.84. The van der Waals surface area contributed by atoms with E-state index in [-0.39, 0.29) is 0 Å². The van der Waals surface area contributed by atoms with Crippen molar-refractivity contribution in [3.63, 3.8) is 0 Å². The Bertz CT molecular complexity index is 557. The number of aryl methyl sites for hydroxylation is 1. The molecule has 1 fully saturated rings. The molecular weight excluding hydrogens is 242 g/mol. The summed E-state index contributed by atoms with van der Waals surface area (Å²) in [6.07, 6.45) is 2.71. The summed E-state index contributed by atoms with van der Waals surface area (Å²) in [6, 6.07) is 20.6. The van der Waals surface area contributed by atoms with Gasteiger partial charge >= 0.3 is 0 Å². The smallest absolute Gasteiger partial charge is 0.0353 e. The molecule has 0 saturated heterocycles. The van der Waals surface area contributed by atoms with Gasteiger partial charge in [-0.25, -0.2) is 0 Å². The van der Waals surface area contributed by atoms with E-state index in [1.807, 2.05) is 0 Å². The van der Waals surface area contributed by atoms with Crippen molar-refractivity contribution in [2.45, 2.75) is 38.8 Å². The fourth-order valence-electron chi connectivity index (χ4n) is 2.90. The summed E-state index contributed by atoms with van der Waals surface area (Å²) < 4.78 is 0. The summed E-state index contributed by atoms with van der Waals surface area (Å²) in [5.74, 6) is 0.810. The zero-order valence-corrected chi connectivity index (χ0v) is 12.3. The lowest BCUT2D eigenvalue weighted by molar-refractivity contribution is 0.427. The molecule has 2 atom stereocenters. The molecule has 1 N–H and O–H groups in total. The molecule has 1 heteroatoms. The van der Waals surface area contributed by atoms with E-state index >= 15 is 0 Å². The Kier molecular flexibility index (Phi) is 3.88. The monoisotopic (exact) mass is 265 g/mol. The van der Waals surface area contributed by atoms with Gasteiger partial charge in [0.25, 0.3) is 0 Å². The van der Waals surface area contributed by atoms with Gasteiger partial charge in [-0.1, -0.05) is 60.2 Å². The molecule has 1 aliphatic carbocycles. The Labute approximate surface area is 122 Å². The number of hydrogen-bond donors (Lipinski definition) is 1. The summed E-state index contributed by atoms with van der Waals surface area (Å²) in [4.78, 5) is 0. The fourth-order valence-corrected chi connectivity index (χ4v) is 2.90. The quantitative estimate of drug-likeness (QED) is 0.819. The molecule has 0 amide bonds. The minimum Gasteiger partial charge on any atom is -0.303 e. The van der Waals surface area contributed by atoms with Gasteiger partial charge in [0, 0.05) is 12.1 Å². The summed E-state index contributed by atoms with van der Waals surface area (Å²) in [5, 5.41) is 3.84. The molecule has 2 aromatic carbocycles. The second kappa shape index (κ2) is 5.80. The zero-order valence-electron chi connectivity index (χ0n) is 12.3. The fraction of sp³-hybridized carbons (Fsp3) is 0.368. The lowest BCUT2D eigenvalue weighted by Gasteiger charge is -2.24. The Morgan fingerprint density at radius 3 is 2.30 bits per heavy atom. The van der Waals surface area contributed by atoms with Gasteiger partial charge in [-0.3, -0.25) is 0 Å². The second-order valence-corrected chi connectivity index (χ2v) is 6.03. The van der Waals surface area contributed by atoms with E-state index in [4.69, 9.17) is 0 Å². The maximum absolute atomic E-state index is 3.84. The van der Waals surface area contributed by atoms with Gasteiger partial charge in [0.2, 0.25) is 0 Å². The minimum atomic E-state index is 0.390. The SMILES string of the molecule is Cc1cccc(C(C)NC(c2ccccc2)C2CC2)c1. The molecule has 1 saturated carbocycles. The Morgan fingerprint density at radius 2 is 1.65 bits per heavy atom. The Balaban J connectivity index is 1.77. The van der Waals surface area contributed by atoms with Crippen molar-refractivity contribution in [3.8, 4) is 0 Å². The largest absolute Gasteiger partial charge is 0.303 e. The minimum absolute atomic E-state index is 0.390. The van der Waals surface area contributed by atoms with Crippen LogP contribution >= 0.6 is 0 Å². The van der Waals surface area contributed by atoms with Crippen LogP contribution in [-0.4, -0.2) is 0 Å². The van der Waals surface area contributed by atoms with Crippen molar-refractivity contribution < 1.29 is 0 Å². The van der Waals surface area contributed by atoms with Gasteiger partial charge in [-0.05, 0) is 43.7 Å². The van der Waals surface area contributed by atoms with E-state index in [0.717, 1.165) is 5.92 Å². The molecule has 20 heavy (non-hydrogen) atoms. The van der Waals surface area contributed by atoms with Crippen molar-refractivity contribution in [2.75, 3.05) is 0 Å². The van der Waals surface area contributed by atoms with E-state index in [0.29, 0.717) is 12.1 Å². The maximum Gasteiger partial charge on any atom is 0.0353 e. The molecule has 1 nitrogen and oxygen atoms in total. The molecule has 0 bridgehead atoms. The highest BCUT2D eigenvalue weighted by Crippen LogP contribution is 2.42. The van der Waals surface area contributed by atoms with Crippen molar-refractivity contribution in [1.82, 2.24) is 5.32 Å². The van der Waals surface area contributed by atoms with Crippen LogP contribution in [0.2, 0.25) is 0 Å². The highest BCUT2D eigenvalue weighted by molar-refractivity contribution is 5.26. The molecule has 0 radical (unpaired) electrons. The van der Waals surface area contributed by atoms with Crippen LogP contribution < -0.4 is 5.32 Å².